The molecule has 1 aromatic carbocycles. The van der Waals surface area contributed by atoms with Crippen molar-refractivity contribution in [2.45, 2.75) is 13.0 Å². The van der Waals surface area contributed by atoms with Gasteiger partial charge >= 0.3 is 0 Å². The number of methoxy groups -OCH3 is 1. The summed E-state index contributed by atoms with van der Waals surface area (Å²) in [6, 6.07) is 6.00. The minimum absolute atomic E-state index is 0.363. The van der Waals surface area contributed by atoms with Gasteiger partial charge in [0.25, 0.3) is 0 Å². The molecule has 4 heteroatoms. The molecule has 0 fully saturated rings. The third kappa shape index (κ3) is 2.33. The van der Waals surface area contributed by atoms with E-state index >= 15 is 0 Å². The van der Waals surface area contributed by atoms with Crippen LogP contribution in [-0.4, -0.2) is 12.1 Å². The lowest BCUT2D eigenvalue weighted by Crippen LogP contribution is -2.15. The highest BCUT2D eigenvalue weighted by Crippen LogP contribution is 2.26. The van der Waals surface area contributed by atoms with Crippen LogP contribution < -0.4 is 10.5 Å². The van der Waals surface area contributed by atoms with E-state index in [9.17, 15) is 4.39 Å². The van der Waals surface area contributed by atoms with E-state index < -0.39 is 6.04 Å². The van der Waals surface area contributed by atoms with Crippen molar-refractivity contribution < 1.29 is 9.13 Å². The average Bonchev–Trinajstić information content (AvgIpc) is 2.38. The quantitative estimate of drug-likeness (QED) is 0.905. The first-order valence-electron chi connectivity index (χ1n) is 5.63. The second-order valence-electron chi connectivity index (χ2n) is 4.10. The van der Waals surface area contributed by atoms with E-state index in [4.69, 9.17) is 10.5 Å². The molecule has 0 bridgehead atoms. The van der Waals surface area contributed by atoms with Crippen LogP contribution in [0.4, 0.5) is 4.39 Å². The number of rotatable bonds is 3. The number of nitrogens with two attached hydrogens (primary N) is 1. The average molecular weight is 246 g/mol. The summed E-state index contributed by atoms with van der Waals surface area (Å²) in [6.07, 6.45) is 3.38. The normalized spacial score (nSPS) is 12.2. The topological polar surface area (TPSA) is 48.1 Å². The molecule has 18 heavy (non-hydrogen) atoms. The summed E-state index contributed by atoms with van der Waals surface area (Å²) in [7, 11) is 1.50. The van der Waals surface area contributed by atoms with Crippen LogP contribution in [-0.2, 0) is 0 Å². The van der Waals surface area contributed by atoms with Gasteiger partial charge in [-0.3, -0.25) is 4.98 Å². The molecule has 1 heterocycles. The first-order valence-corrected chi connectivity index (χ1v) is 5.63. The standard InChI is InChI=1S/C14H15FN2O/c1-9-8-17-6-5-11(9)14(16)12-4-3-10(18-2)7-13(12)15/h3-8,14H,16H2,1-2H3. The summed E-state index contributed by atoms with van der Waals surface area (Å²) in [5, 5.41) is 0. The van der Waals surface area contributed by atoms with Crippen LogP contribution in [0.3, 0.4) is 0 Å². The molecule has 0 aliphatic carbocycles. The Morgan fingerprint density at radius 1 is 1.28 bits per heavy atom. The summed E-state index contributed by atoms with van der Waals surface area (Å²) in [5.41, 5.74) is 8.36. The summed E-state index contributed by atoms with van der Waals surface area (Å²) in [5.74, 6) is 0.118. The summed E-state index contributed by atoms with van der Waals surface area (Å²) in [4.78, 5) is 4.00. The predicted octanol–water partition coefficient (Wildman–Crippen LogP) is 2.59. The van der Waals surface area contributed by atoms with Crippen LogP contribution in [0.1, 0.15) is 22.7 Å². The number of halogens is 1. The van der Waals surface area contributed by atoms with Crippen LogP contribution in [0.15, 0.2) is 36.7 Å². The van der Waals surface area contributed by atoms with E-state index in [0.29, 0.717) is 11.3 Å². The molecule has 0 saturated heterocycles. The molecule has 0 aliphatic rings. The highest BCUT2D eigenvalue weighted by molar-refractivity contribution is 5.38. The maximum Gasteiger partial charge on any atom is 0.132 e. The van der Waals surface area contributed by atoms with Crippen molar-refractivity contribution in [1.29, 1.82) is 0 Å². The van der Waals surface area contributed by atoms with Crippen molar-refractivity contribution in [3.63, 3.8) is 0 Å². The lowest BCUT2D eigenvalue weighted by Gasteiger charge is -2.16. The molecule has 0 amide bonds. The van der Waals surface area contributed by atoms with E-state index in [-0.39, 0.29) is 5.82 Å². The molecular weight excluding hydrogens is 231 g/mol. The molecule has 2 N–H and O–H groups in total. The van der Waals surface area contributed by atoms with E-state index in [0.717, 1.165) is 11.1 Å². The number of hydrogen-bond acceptors (Lipinski definition) is 3. The Kier molecular flexibility index (Phi) is 3.58. The molecule has 0 saturated carbocycles. The molecule has 2 aromatic rings. The summed E-state index contributed by atoms with van der Waals surface area (Å²) < 4.78 is 18.9. The molecule has 2 rings (SSSR count). The van der Waals surface area contributed by atoms with Gasteiger partial charge in [-0.1, -0.05) is 6.07 Å². The van der Waals surface area contributed by atoms with Gasteiger partial charge in [0.2, 0.25) is 0 Å². The monoisotopic (exact) mass is 246 g/mol. The highest BCUT2D eigenvalue weighted by Gasteiger charge is 2.15. The maximum atomic E-state index is 13.9. The third-order valence-corrected chi connectivity index (χ3v) is 2.94. The van der Waals surface area contributed by atoms with Crippen molar-refractivity contribution in [2.24, 2.45) is 5.73 Å². The zero-order valence-electron chi connectivity index (χ0n) is 10.4. The number of aryl methyl sites for hydroxylation is 1. The number of hydrogen-bond donors (Lipinski definition) is 1. The van der Waals surface area contributed by atoms with Gasteiger partial charge in [0.1, 0.15) is 11.6 Å². The number of ether oxygens (including phenoxy) is 1. The fourth-order valence-electron chi connectivity index (χ4n) is 1.89. The SMILES string of the molecule is COc1ccc(C(N)c2ccncc2C)c(F)c1. The maximum absolute atomic E-state index is 13.9. The summed E-state index contributed by atoms with van der Waals surface area (Å²) in [6.45, 7) is 1.91. The molecule has 0 aliphatic heterocycles. The van der Waals surface area contributed by atoms with Crippen LogP contribution in [0.25, 0.3) is 0 Å². The minimum Gasteiger partial charge on any atom is -0.497 e. The largest absolute Gasteiger partial charge is 0.497 e. The van der Waals surface area contributed by atoms with Gasteiger partial charge in [-0.05, 0) is 30.2 Å². The van der Waals surface area contributed by atoms with Crippen LogP contribution in [0.5, 0.6) is 5.75 Å². The minimum atomic E-state index is -0.501. The Hall–Kier alpha value is -1.94. The van der Waals surface area contributed by atoms with Crippen LogP contribution >= 0.6 is 0 Å². The highest BCUT2D eigenvalue weighted by atomic mass is 19.1. The predicted molar refractivity (Wildman–Crippen MR) is 68.0 cm³/mol. The first kappa shape index (κ1) is 12.5. The van der Waals surface area contributed by atoms with Gasteiger partial charge in [-0.25, -0.2) is 4.39 Å². The Morgan fingerprint density at radius 2 is 2.06 bits per heavy atom. The van der Waals surface area contributed by atoms with E-state index in [1.54, 1.807) is 24.5 Å². The molecule has 0 radical (unpaired) electrons. The molecule has 0 spiro atoms. The molecule has 1 unspecified atom stereocenters. The van der Waals surface area contributed by atoms with Crippen molar-refractivity contribution >= 4 is 0 Å². The number of benzene rings is 1. The van der Waals surface area contributed by atoms with Crippen molar-refractivity contribution in [3.8, 4) is 5.75 Å². The molecule has 94 valence electrons. The van der Waals surface area contributed by atoms with E-state index in [1.165, 1.54) is 13.2 Å². The second kappa shape index (κ2) is 5.14. The Labute approximate surface area is 105 Å². The fourth-order valence-corrected chi connectivity index (χ4v) is 1.89. The Bertz CT molecular complexity index is 557. The van der Waals surface area contributed by atoms with Gasteiger partial charge in [-0.15, -0.1) is 0 Å². The first-order chi connectivity index (χ1) is 8.63. The molecule has 1 atom stereocenters. The molecular formula is C14H15FN2O. The van der Waals surface area contributed by atoms with Gasteiger partial charge in [0.05, 0.1) is 13.2 Å². The lowest BCUT2D eigenvalue weighted by molar-refractivity contribution is 0.410. The Morgan fingerprint density at radius 3 is 2.67 bits per heavy atom. The van der Waals surface area contributed by atoms with Gasteiger partial charge in [0.15, 0.2) is 0 Å². The second-order valence-corrected chi connectivity index (χ2v) is 4.10. The van der Waals surface area contributed by atoms with Gasteiger partial charge < -0.3 is 10.5 Å². The number of pyridine rings is 1. The zero-order valence-corrected chi connectivity index (χ0v) is 10.4. The Balaban J connectivity index is 2.40. The lowest BCUT2D eigenvalue weighted by atomic mass is 9.97. The zero-order chi connectivity index (χ0) is 13.1. The molecule has 3 nitrogen and oxygen atoms in total. The fraction of sp³-hybridized carbons (Fsp3) is 0.214. The summed E-state index contributed by atoms with van der Waals surface area (Å²) >= 11 is 0. The van der Waals surface area contributed by atoms with Crippen LogP contribution in [0, 0.1) is 12.7 Å². The smallest absolute Gasteiger partial charge is 0.132 e. The van der Waals surface area contributed by atoms with Crippen molar-refractivity contribution in [3.05, 3.63) is 59.2 Å². The van der Waals surface area contributed by atoms with E-state index in [2.05, 4.69) is 4.98 Å². The van der Waals surface area contributed by atoms with Gasteiger partial charge in [-0.2, -0.15) is 0 Å². The molecule has 1 aromatic heterocycles. The van der Waals surface area contributed by atoms with Crippen LogP contribution in [0.2, 0.25) is 0 Å². The third-order valence-electron chi connectivity index (χ3n) is 2.94. The number of aromatic nitrogens is 1. The number of nitrogens with zero attached hydrogens (tertiary/aromatic N) is 1. The van der Waals surface area contributed by atoms with Crippen molar-refractivity contribution in [1.82, 2.24) is 4.98 Å². The van der Waals surface area contributed by atoms with E-state index in [1.807, 2.05) is 13.0 Å². The van der Waals surface area contributed by atoms with Crippen molar-refractivity contribution in [2.75, 3.05) is 7.11 Å². The van der Waals surface area contributed by atoms with Gasteiger partial charge in [0, 0.05) is 24.0 Å².